The summed E-state index contributed by atoms with van der Waals surface area (Å²) in [5.41, 5.74) is 0. The van der Waals surface area contributed by atoms with Crippen LogP contribution in [0.15, 0.2) is 12.2 Å². The zero-order valence-corrected chi connectivity index (χ0v) is 19.9. The summed E-state index contributed by atoms with van der Waals surface area (Å²) in [5, 5.41) is 15.8. The van der Waals surface area contributed by atoms with Crippen molar-refractivity contribution in [3.63, 3.8) is 0 Å². The van der Waals surface area contributed by atoms with E-state index in [1.165, 1.54) is 121 Å². The van der Waals surface area contributed by atoms with Gasteiger partial charge in [-0.2, -0.15) is 0 Å². The van der Waals surface area contributed by atoms with Gasteiger partial charge in [-0.25, -0.2) is 0 Å². The van der Waals surface area contributed by atoms with Crippen molar-refractivity contribution in [1.29, 1.82) is 0 Å². The average Bonchev–Trinajstić information content (AvgIpc) is 2.64. The van der Waals surface area contributed by atoms with Crippen molar-refractivity contribution in [1.82, 2.24) is 0 Å². The van der Waals surface area contributed by atoms with E-state index in [2.05, 4.69) is 19.1 Å². The number of rotatable bonds is 18. The van der Waals surface area contributed by atoms with Crippen LogP contribution in [0.2, 0.25) is 3.67 Å². The number of allylic oxidation sites excluding steroid dienone is 2. The van der Waals surface area contributed by atoms with Crippen molar-refractivity contribution in [2.24, 2.45) is 0 Å². The van der Waals surface area contributed by atoms with Gasteiger partial charge in [0.25, 0.3) is 0 Å². The summed E-state index contributed by atoms with van der Waals surface area (Å²) in [7, 11) is 0. The molecule has 154 valence electrons. The van der Waals surface area contributed by atoms with E-state index in [1.807, 2.05) is 0 Å². The summed E-state index contributed by atoms with van der Waals surface area (Å²) in [4.78, 5) is 19.3. The van der Waals surface area contributed by atoms with Crippen molar-refractivity contribution in [3.8, 4) is 0 Å². The normalized spacial score (nSPS) is 10.6. The van der Waals surface area contributed by atoms with E-state index in [0.717, 1.165) is 0 Å². The fourth-order valence-corrected chi connectivity index (χ4v) is 3.21. The first-order chi connectivity index (χ1) is 13.0. The second kappa shape index (κ2) is 25.7. The maximum atomic E-state index is 9.64. The van der Waals surface area contributed by atoms with Crippen LogP contribution in [0.25, 0.3) is 0 Å². The smallest absolute Gasteiger partial charge is 0.303 e. The molecule has 0 spiro atoms. The largest absolute Gasteiger partial charge is 0.481 e. The molecule has 0 bridgehead atoms. The zero-order valence-electron chi connectivity index (χ0n) is 17.9. The molecule has 0 aromatic carbocycles. The first kappa shape index (κ1) is 28.9. The topological polar surface area (TPSA) is 74.6 Å². The van der Waals surface area contributed by atoms with Crippen LogP contribution in [0.5, 0.6) is 0 Å². The number of carbonyl (C=O) groups is 2. The van der Waals surface area contributed by atoms with Gasteiger partial charge in [-0.15, -0.1) is 0 Å². The Bertz CT molecular complexity index is 342. The molecule has 0 aliphatic heterocycles. The van der Waals surface area contributed by atoms with Crippen LogP contribution in [0.3, 0.4) is 0 Å². The maximum Gasteiger partial charge on any atom is 0.303 e. The fraction of sp³-hybridized carbons (Fsp3) is 0.818. The summed E-state index contributed by atoms with van der Waals surface area (Å²) in [6.07, 6.45) is 24.2. The molecule has 0 rings (SSSR count). The van der Waals surface area contributed by atoms with Crippen LogP contribution < -0.4 is 0 Å². The number of carboxylic acids is 2. The third kappa shape index (κ3) is 33.7. The standard InChI is InChI=1S/C18H35.C4H6O4.Na/c1-3-5-7-9-11-13-15-17-18-16-14-12-10-8-6-4-2;5-3(6)1-2-4(7)8;/h17-18H,1,3-16H2,2H3;1-2H2,(H,5,6)(H,7,8);/b18-17-;;. The van der Waals surface area contributed by atoms with Gasteiger partial charge in [0.2, 0.25) is 0 Å². The molecule has 0 aliphatic rings. The first-order valence-electron chi connectivity index (χ1n) is 11.1. The van der Waals surface area contributed by atoms with E-state index in [1.54, 1.807) is 0 Å². The summed E-state index contributed by atoms with van der Waals surface area (Å²) in [5.74, 6) is -2.15. The molecule has 0 saturated carbocycles. The molecular weight excluding hydrogens is 351 g/mol. The summed E-state index contributed by atoms with van der Waals surface area (Å²) in [6.45, 7) is 2.29. The minimum absolute atomic E-state index is 0.296. The Morgan fingerprint density at radius 2 is 1.04 bits per heavy atom. The third-order valence-corrected chi connectivity index (χ3v) is 5.13. The number of hydrogen-bond donors (Lipinski definition) is 2. The molecule has 2 N–H and O–H groups in total. The van der Waals surface area contributed by atoms with E-state index in [9.17, 15) is 9.59 Å². The van der Waals surface area contributed by atoms with Crippen molar-refractivity contribution in [2.45, 2.75) is 113 Å². The predicted octanol–water partition coefficient (Wildman–Crippen LogP) is 6.55. The Balaban J connectivity index is 0. The molecule has 27 heavy (non-hydrogen) atoms. The molecule has 5 heteroatoms. The van der Waals surface area contributed by atoms with Crippen molar-refractivity contribution >= 4 is 39.9 Å². The molecule has 0 aromatic rings. The second-order valence-electron chi connectivity index (χ2n) is 7.23. The third-order valence-electron chi connectivity index (χ3n) is 4.42. The summed E-state index contributed by atoms with van der Waals surface area (Å²) in [6, 6.07) is 0. The van der Waals surface area contributed by atoms with Gasteiger partial charge >= 0.3 is 113 Å². The summed E-state index contributed by atoms with van der Waals surface area (Å²) < 4.78 is 1.50. The Morgan fingerprint density at radius 1 is 0.667 bits per heavy atom. The number of aliphatic carboxylic acids is 2. The monoisotopic (exact) mass is 392 g/mol. The van der Waals surface area contributed by atoms with Crippen LogP contribution in [-0.2, 0) is 9.59 Å². The Kier molecular flexibility index (Phi) is 27.5. The molecule has 0 atom stereocenters. The van der Waals surface area contributed by atoms with Crippen LogP contribution in [0.4, 0.5) is 0 Å². The average molecular weight is 393 g/mol. The molecular formula is C22H41NaO4. The molecule has 0 saturated heterocycles. The molecule has 4 nitrogen and oxygen atoms in total. The minimum atomic E-state index is -1.08. The molecule has 0 unspecified atom stereocenters. The Labute approximate surface area is 184 Å². The van der Waals surface area contributed by atoms with E-state index in [0.29, 0.717) is 0 Å². The van der Waals surface area contributed by atoms with Gasteiger partial charge in [-0.1, -0.05) is 39.0 Å². The zero-order chi connectivity index (χ0) is 20.6. The van der Waals surface area contributed by atoms with Crippen LogP contribution >= 0.6 is 0 Å². The van der Waals surface area contributed by atoms with Crippen LogP contribution in [-0.4, -0.2) is 50.1 Å². The minimum Gasteiger partial charge on any atom is -0.481 e. The quantitative estimate of drug-likeness (QED) is 0.158. The molecule has 0 radical (unpaired) electrons. The van der Waals surface area contributed by atoms with Gasteiger partial charge in [0.05, 0.1) is 12.8 Å². The predicted molar refractivity (Wildman–Crippen MR) is 115 cm³/mol. The van der Waals surface area contributed by atoms with Gasteiger partial charge < -0.3 is 10.2 Å². The second-order valence-corrected chi connectivity index (χ2v) is 8.23. The van der Waals surface area contributed by atoms with Gasteiger partial charge in [0, 0.05) is 0 Å². The number of carboxylic acid groups (broad SMARTS) is 2. The SMILES string of the molecule is CCCCCCCC/C=C\CCCCCCC[CH2][Na].O=C(O)CCC(=O)O. The van der Waals surface area contributed by atoms with Crippen LogP contribution in [0.1, 0.15) is 110 Å². The fourth-order valence-electron chi connectivity index (χ4n) is 2.71. The van der Waals surface area contributed by atoms with E-state index in [-0.39, 0.29) is 12.8 Å². The number of unbranched alkanes of at least 4 members (excludes halogenated alkanes) is 12. The van der Waals surface area contributed by atoms with Crippen LogP contribution in [0, 0.1) is 0 Å². The molecule has 0 amide bonds. The van der Waals surface area contributed by atoms with Gasteiger partial charge in [-0.05, 0) is 0 Å². The maximum absolute atomic E-state index is 9.64. The summed E-state index contributed by atoms with van der Waals surface area (Å²) >= 11 is 1.40. The van der Waals surface area contributed by atoms with Crippen molar-refractivity contribution < 1.29 is 19.8 Å². The van der Waals surface area contributed by atoms with Gasteiger partial charge in [0.15, 0.2) is 0 Å². The number of hydrogen-bond acceptors (Lipinski definition) is 2. The first-order valence-corrected chi connectivity index (χ1v) is 12.5. The van der Waals surface area contributed by atoms with Crippen molar-refractivity contribution in [2.75, 3.05) is 0 Å². The van der Waals surface area contributed by atoms with E-state index < -0.39 is 11.9 Å². The van der Waals surface area contributed by atoms with Crippen molar-refractivity contribution in [3.05, 3.63) is 12.2 Å². The van der Waals surface area contributed by atoms with E-state index in [4.69, 9.17) is 10.2 Å². The Hall–Kier alpha value is -0.320. The van der Waals surface area contributed by atoms with Gasteiger partial charge in [-0.3, -0.25) is 9.59 Å². The molecule has 0 aromatic heterocycles. The van der Waals surface area contributed by atoms with Gasteiger partial charge in [0.1, 0.15) is 0 Å². The van der Waals surface area contributed by atoms with E-state index >= 15 is 0 Å². The molecule has 0 heterocycles. The molecule has 0 fully saturated rings. The Morgan fingerprint density at radius 3 is 1.41 bits per heavy atom. The molecule has 0 aliphatic carbocycles.